The Labute approximate surface area is 202 Å². The summed E-state index contributed by atoms with van der Waals surface area (Å²) in [7, 11) is -1.97. The second kappa shape index (κ2) is 10.3. The Hall–Kier alpha value is -2.71. The Balaban J connectivity index is 1.47. The van der Waals surface area contributed by atoms with Crippen LogP contribution < -0.4 is 5.32 Å². The molecule has 4 rings (SSSR count). The molecule has 8 heteroatoms. The van der Waals surface area contributed by atoms with Crippen LogP contribution in [0.1, 0.15) is 71.2 Å². The van der Waals surface area contributed by atoms with Crippen LogP contribution in [0.15, 0.2) is 47.4 Å². The van der Waals surface area contributed by atoms with Gasteiger partial charge in [0, 0.05) is 43.0 Å². The number of carbonyl (C=O) groups excluding carboxylic acids is 2. The molecular weight excluding hydrogens is 450 g/mol. The minimum atomic E-state index is -3.61. The van der Waals surface area contributed by atoms with E-state index in [1.165, 1.54) is 28.6 Å². The van der Waals surface area contributed by atoms with Crippen LogP contribution in [0, 0.1) is 6.92 Å². The Morgan fingerprint density at radius 3 is 2.24 bits per heavy atom. The molecule has 1 heterocycles. The minimum absolute atomic E-state index is 0.0113. The van der Waals surface area contributed by atoms with Crippen LogP contribution in [0.2, 0.25) is 0 Å². The van der Waals surface area contributed by atoms with Crippen LogP contribution in [0.3, 0.4) is 0 Å². The largest absolute Gasteiger partial charge is 0.339 e. The lowest BCUT2D eigenvalue weighted by Crippen LogP contribution is -2.38. The van der Waals surface area contributed by atoms with Gasteiger partial charge in [-0.2, -0.15) is 4.31 Å². The second-order valence-corrected chi connectivity index (χ2v) is 11.3. The van der Waals surface area contributed by atoms with Crippen LogP contribution in [0.25, 0.3) is 0 Å². The first-order chi connectivity index (χ1) is 16.3. The monoisotopic (exact) mass is 483 g/mol. The van der Waals surface area contributed by atoms with Gasteiger partial charge in [-0.3, -0.25) is 9.59 Å². The molecule has 0 radical (unpaired) electrons. The van der Waals surface area contributed by atoms with Gasteiger partial charge in [0.25, 0.3) is 11.8 Å². The molecule has 0 unspecified atom stereocenters. The van der Waals surface area contributed by atoms with Crippen molar-refractivity contribution in [2.24, 2.45) is 0 Å². The third-order valence-electron chi connectivity index (χ3n) is 7.09. The predicted molar refractivity (Wildman–Crippen MR) is 133 cm³/mol. The van der Waals surface area contributed by atoms with Gasteiger partial charge in [-0.1, -0.05) is 25.3 Å². The van der Waals surface area contributed by atoms with Gasteiger partial charge in [-0.05, 0) is 74.6 Å². The third kappa shape index (κ3) is 5.03. The van der Waals surface area contributed by atoms with Gasteiger partial charge in [-0.15, -0.1) is 0 Å². The number of anilines is 1. The minimum Gasteiger partial charge on any atom is -0.339 e. The molecule has 0 bridgehead atoms. The lowest BCUT2D eigenvalue weighted by Gasteiger charge is -2.30. The number of hydrogen-bond donors (Lipinski definition) is 1. The zero-order valence-electron chi connectivity index (χ0n) is 19.9. The Bertz CT molecular complexity index is 1150. The Morgan fingerprint density at radius 2 is 1.59 bits per heavy atom. The number of nitrogens with zero attached hydrogens (tertiary/aromatic N) is 2. The molecule has 7 nitrogen and oxygen atoms in total. The van der Waals surface area contributed by atoms with E-state index in [2.05, 4.69) is 5.32 Å². The van der Waals surface area contributed by atoms with Gasteiger partial charge in [-0.25, -0.2) is 8.42 Å². The lowest BCUT2D eigenvalue weighted by atomic mass is 9.96. The van der Waals surface area contributed by atoms with E-state index in [0.29, 0.717) is 16.8 Å². The van der Waals surface area contributed by atoms with Crippen molar-refractivity contribution in [2.45, 2.75) is 62.8 Å². The van der Waals surface area contributed by atoms with Crippen molar-refractivity contribution >= 4 is 27.5 Å². The lowest BCUT2D eigenvalue weighted by molar-refractivity contribution is 0.0791. The molecule has 1 saturated carbocycles. The molecule has 0 atom stereocenters. The first-order valence-electron chi connectivity index (χ1n) is 12.1. The van der Waals surface area contributed by atoms with Crippen LogP contribution >= 0.6 is 0 Å². The van der Waals surface area contributed by atoms with E-state index in [1.807, 2.05) is 11.8 Å². The maximum atomic E-state index is 13.0. The van der Waals surface area contributed by atoms with Crippen molar-refractivity contribution in [3.05, 3.63) is 59.2 Å². The van der Waals surface area contributed by atoms with Gasteiger partial charge >= 0.3 is 0 Å². The van der Waals surface area contributed by atoms with E-state index in [1.54, 1.807) is 25.2 Å². The molecule has 1 saturated heterocycles. The SMILES string of the molecule is Cc1c(NC(=O)c2ccc(S(=O)(=O)N(C)C3CCCCC3)cc2)cccc1C(=O)N1CCCC1. The number of rotatable bonds is 6. The van der Waals surface area contributed by atoms with E-state index in [0.717, 1.165) is 63.6 Å². The number of sulfonamides is 1. The highest BCUT2D eigenvalue weighted by atomic mass is 32.2. The highest BCUT2D eigenvalue weighted by Gasteiger charge is 2.29. The first-order valence-corrected chi connectivity index (χ1v) is 13.5. The van der Waals surface area contributed by atoms with Crippen LogP contribution in [-0.4, -0.2) is 55.6 Å². The number of nitrogens with one attached hydrogen (secondary N) is 1. The zero-order chi connectivity index (χ0) is 24.3. The standard InChI is InChI=1S/C26H33N3O4S/c1-19-23(26(31)29-17-6-7-18-29)11-8-12-24(19)27-25(30)20-13-15-22(16-14-20)34(32,33)28(2)21-9-4-3-5-10-21/h8,11-16,21H,3-7,9-10,17-18H2,1-2H3,(H,27,30). The van der Waals surface area contributed by atoms with E-state index in [4.69, 9.17) is 0 Å². The van der Waals surface area contributed by atoms with Crippen LogP contribution in [-0.2, 0) is 10.0 Å². The van der Waals surface area contributed by atoms with E-state index >= 15 is 0 Å². The summed E-state index contributed by atoms with van der Waals surface area (Å²) in [5.74, 6) is -0.360. The van der Waals surface area contributed by atoms with Gasteiger partial charge in [0.05, 0.1) is 4.90 Å². The second-order valence-electron chi connectivity index (χ2n) is 9.27. The molecule has 1 aliphatic heterocycles. The average molecular weight is 484 g/mol. The summed E-state index contributed by atoms with van der Waals surface area (Å²) >= 11 is 0. The number of benzene rings is 2. The van der Waals surface area contributed by atoms with Gasteiger partial charge in [0.15, 0.2) is 0 Å². The van der Waals surface area contributed by atoms with E-state index in [-0.39, 0.29) is 22.8 Å². The Kier molecular flexibility index (Phi) is 7.38. The topological polar surface area (TPSA) is 86.8 Å². The quantitative estimate of drug-likeness (QED) is 0.658. The first kappa shape index (κ1) is 24.4. The highest BCUT2D eigenvalue weighted by Crippen LogP contribution is 2.27. The molecule has 2 aromatic rings. The molecular formula is C26H33N3O4S. The Morgan fingerprint density at radius 1 is 0.941 bits per heavy atom. The van der Waals surface area contributed by atoms with Gasteiger partial charge in [0.2, 0.25) is 10.0 Å². The average Bonchev–Trinajstić information content (AvgIpc) is 3.40. The fourth-order valence-electron chi connectivity index (χ4n) is 4.87. The summed E-state index contributed by atoms with van der Waals surface area (Å²) in [6.07, 6.45) is 7.06. The molecule has 2 aromatic carbocycles. The summed E-state index contributed by atoms with van der Waals surface area (Å²) < 4.78 is 27.6. The molecule has 2 aliphatic rings. The van der Waals surface area contributed by atoms with Gasteiger partial charge in [0.1, 0.15) is 0 Å². The van der Waals surface area contributed by atoms with Crippen LogP contribution in [0.4, 0.5) is 5.69 Å². The smallest absolute Gasteiger partial charge is 0.255 e. The fourth-order valence-corrected chi connectivity index (χ4v) is 6.29. The predicted octanol–water partition coefficient (Wildman–Crippen LogP) is 4.44. The molecule has 1 N–H and O–H groups in total. The van der Waals surface area contributed by atoms with Crippen molar-refractivity contribution < 1.29 is 18.0 Å². The summed E-state index contributed by atoms with van der Waals surface area (Å²) in [5, 5.41) is 2.88. The van der Waals surface area contributed by atoms with Crippen LogP contribution in [0.5, 0.6) is 0 Å². The molecule has 2 fully saturated rings. The third-order valence-corrected chi connectivity index (χ3v) is 9.01. The maximum absolute atomic E-state index is 13.0. The molecule has 182 valence electrons. The summed E-state index contributed by atoms with van der Waals surface area (Å²) in [6.45, 7) is 3.36. The number of hydrogen-bond acceptors (Lipinski definition) is 4. The highest BCUT2D eigenvalue weighted by molar-refractivity contribution is 7.89. The molecule has 0 aromatic heterocycles. The normalized spacial score (nSPS) is 17.2. The number of amides is 2. The van der Waals surface area contributed by atoms with Crippen molar-refractivity contribution in [3.63, 3.8) is 0 Å². The van der Waals surface area contributed by atoms with Crippen molar-refractivity contribution in [3.8, 4) is 0 Å². The van der Waals surface area contributed by atoms with Gasteiger partial charge < -0.3 is 10.2 Å². The summed E-state index contributed by atoms with van der Waals surface area (Å²) in [6, 6.07) is 11.4. The maximum Gasteiger partial charge on any atom is 0.255 e. The summed E-state index contributed by atoms with van der Waals surface area (Å²) in [4.78, 5) is 27.7. The molecule has 0 spiro atoms. The van der Waals surface area contributed by atoms with E-state index in [9.17, 15) is 18.0 Å². The van der Waals surface area contributed by atoms with Crippen molar-refractivity contribution in [2.75, 3.05) is 25.5 Å². The zero-order valence-corrected chi connectivity index (χ0v) is 20.7. The molecule has 1 aliphatic carbocycles. The van der Waals surface area contributed by atoms with Crippen molar-refractivity contribution in [1.82, 2.24) is 9.21 Å². The molecule has 2 amide bonds. The van der Waals surface area contributed by atoms with E-state index < -0.39 is 10.0 Å². The number of carbonyl (C=O) groups is 2. The molecule has 34 heavy (non-hydrogen) atoms. The number of likely N-dealkylation sites (tertiary alicyclic amines) is 1. The summed E-state index contributed by atoms with van der Waals surface area (Å²) in [5.41, 5.74) is 2.24. The fraction of sp³-hybridized carbons (Fsp3) is 0.462. The van der Waals surface area contributed by atoms with Crippen molar-refractivity contribution in [1.29, 1.82) is 0 Å².